The highest BCUT2D eigenvalue weighted by molar-refractivity contribution is 14.1. The first-order chi connectivity index (χ1) is 18.9. The number of carbonyl (C=O) groups is 4. The molecule has 9 N–H and O–H groups in total. The normalized spacial score (nSPS) is 14.1. The quantitative estimate of drug-likeness (QED) is 0.0752. The van der Waals surface area contributed by atoms with E-state index in [1.807, 2.05) is 0 Å². The number of aliphatic hydroxyl groups is 5. The third-order valence-corrected chi connectivity index (χ3v) is 9.47. The second-order valence-electron chi connectivity index (χ2n) is 9.07. The van der Waals surface area contributed by atoms with Crippen molar-refractivity contribution in [3.05, 3.63) is 28.4 Å². The van der Waals surface area contributed by atoms with E-state index in [0.717, 1.165) is 0 Å². The predicted molar refractivity (Wildman–Crippen MR) is 177 cm³/mol. The monoisotopic (exact) mass is 910 g/mol. The zero-order valence-corrected chi connectivity index (χ0v) is 28.7. The molecule has 0 aromatic heterocycles. The second kappa shape index (κ2) is 14.2. The molecule has 0 aliphatic carbocycles. The molecule has 0 unspecified atom stereocenters. The summed E-state index contributed by atoms with van der Waals surface area (Å²) < 4.78 is 1.85. The lowest BCUT2D eigenvalue weighted by molar-refractivity contribution is -0.143. The van der Waals surface area contributed by atoms with Crippen LogP contribution >= 0.6 is 67.8 Å². The van der Waals surface area contributed by atoms with Crippen LogP contribution in [0.2, 0.25) is 0 Å². The minimum Gasteiger partial charge on any atom is -0.398 e. The fourth-order valence-corrected chi connectivity index (χ4v) is 9.06. The van der Waals surface area contributed by atoms with E-state index >= 15 is 0 Å². The number of nitrogens with zero attached hydrogens (tertiary/aromatic N) is 2. The van der Waals surface area contributed by atoms with Crippen LogP contribution in [-0.4, -0.2) is 94.0 Å². The molecule has 0 aliphatic heterocycles. The number of nitrogens with two attached hydrogens (primary N) is 2. The Morgan fingerprint density at radius 2 is 1.22 bits per heavy atom. The summed E-state index contributed by atoms with van der Waals surface area (Å²) in [7, 11) is 3.17. The summed E-state index contributed by atoms with van der Waals surface area (Å²) in [6.07, 6.45) is -8.75. The smallest absolute Gasteiger partial charge is 0.235 e. The first-order valence-electron chi connectivity index (χ1n) is 11.7. The Labute approximate surface area is 276 Å². The Morgan fingerprint density at radius 3 is 1.59 bits per heavy atom. The van der Waals surface area contributed by atoms with Gasteiger partial charge in [-0.25, -0.2) is 0 Å². The number of halogens is 3. The average Bonchev–Trinajstić information content (AvgIpc) is 2.89. The Kier molecular flexibility index (Phi) is 12.3. The Bertz CT molecular complexity index is 1330. The van der Waals surface area contributed by atoms with Crippen molar-refractivity contribution in [1.82, 2.24) is 0 Å². The van der Waals surface area contributed by atoms with Gasteiger partial charge in [0, 0.05) is 52.0 Å². The summed E-state index contributed by atoms with van der Waals surface area (Å²) in [6, 6.07) is 2.73. The Balaban J connectivity index is 2.73. The molecule has 0 fully saturated rings. The van der Waals surface area contributed by atoms with Crippen molar-refractivity contribution in [3.63, 3.8) is 0 Å². The van der Waals surface area contributed by atoms with Gasteiger partial charge < -0.3 is 46.8 Å². The highest BCUT2D eigenvalue weighted by atomic mass is 127. The number of benzene rings is 2. The fourth-order valence-electron chi connectivity index (χ4n) is 3.82. The van der Waals surface area contributed by atoms with E-state index in [2.05, 4.69) is 67.8 Å². The van der Waals surface area contributed by atoms with Crippen molar-refractivity contribution >= 4 is 114 Å². The summed E-state index contributed by atoms with van der Waals surface area (Å²) >= 11 is 6.17. The van der Waals surface area contributed by atoms with Crippen LogP contribution in [0, 0.1) is 10.7 Å². The molecule has 0 saturated heterocycles. The van der Waals surface area contributed by atoms with E-state index in [0.29, 0.717) is 33.2 Å². The summed E-state index contributed by atoms with van der Waals surface area (Å²) in [5, 5.41) is 48.4. The standard InChI is InChI=1S/C25H29I3N4O9/c1-8(34)31(3)19-16(26)14(17(27)20(18(19)28)32(4)9(2)35)10-5-11(29)15(12(30)6-10)22(38)24(40)25(41)23(39)21(37)13(36)7-33/h5-6,13,21,23,25,33,36-37,39,41H,7,29-30H2,1-4H3/t13-,21-,23+,25-/m1/s1. The maximum atomic E-state index is 13.0. The topological polar surface area (TPSA) is 228 Å². The first-order valence-corrected chi connectivity index (χ1v) is 14.9. The minimum atomic E-state index is -2.45. The molecular formula is C25H29I3N4O9. The van der Waals surface area contributed by atoms with Gasteiger partial charge in [0.1, 0.15) is 24.4 Å². The molecular weight excluding hydrogens is 881 g/mol. The van der Waals surface area contributed by atoms with Crippen molar-refractivity contribution < 1.29 is 44.7 Å². The zero-order chi connectivity index (χ0) is 31.7. The van der Waals surface area contributed by atoms with E-state index in [1.165, 1.54) is 35.8 Å². The third-order valence-electron chi connectivity index (χ3n) is 6.35. The van der Waals surface area contributed by atoms with Gasteiger partial charge in [0.2, 0.25) is 23.4 Å². The van der Waals surface area contributed by atoms with Crippen molar-refractivity contribution in [3.8, 4) is 11.1 Å². The minimum absolute atomic E-state index is 0.246. The van der Waals surface area contributed by atoms with Gasteiger partial charge in [0.25, 0.3) is 0 Å². The predicted octanol–water partition coefficient (Wildman–Crippen LogP) is 0.485. The summed E-state index contributed by atoms with van der Waals surface area (Å²) in [6.45, 7) is 1.80. The largest absolute Gasteiger partial charge is 0.398 e. The van der Waals surface area contributed by atoms with E-state index < -0.39 is 48.2 Å². The number of anilines is 4. The Hall–Kier alpha value is -1.69. The van der Waals surface area contributed by atoms with Crippen LogP contribution in [0.15, 0.2) is 12.1 Å². The van der Waals surface area contributed by atoms with Gasteiger partial charge >= 0.3 is 0 Å². The maximum absolute atomic E-state index is 13.0. The summed E-state index contributed by atoms with van der Waals surface area (Å²) in [5.41, 5.74) is 13.4. The number of carbonyl (C=O) groups excluding carboxylic acids is 4. The molecule has 0 radical (unpaired) electrons. The molecule has 41 heavy (non-hydrogen) atoms. The van der Waals surface area contributed by atoms with Gasteiger partial charge in [-0.2, -0.15) is 0 Å². The number of hydrogen-bond acceptors (Lipinski definition) is 11. The molecule has 224 valence electrons. The number of aliphatic hydroxyl groups excluding tert-OH is 5. The molecule has 2 rings (SSSR count). The molecule has 16 heteroatoms. The highest BCUT2D eigenvalue weighted by Gasteiger charge is 2.38. The number of nitrogen functional groups attached to an aromatic ring is 2. The lowest BCUT2D eigenvalue weighted by atomic mass is 9.92. The average molecular weight is 910 g/mol. The molecule has 0 bridgehead atoms. The van der Waals surface area contributed by atoms with Crippen LogP contribution in [0.25, 0.3) is 11.1 Å². The van der Waals surface area contributed by atoms with Crippen molar-refractivity contribution in [2.24, 2.45) is 0 Å². The lowest BCUT2D eigenvalue weighted by Gasteiger charge is -2.28. The van der Waals surface area contributed by atoms with E-state index in [4.69, 9.17) is 16.6 Å². The molecule has 13 nitrogen and oxygen atoms in total. The molecule has 2 aromatic carbocycles. The van der Waals surface area contributed by atoms with Crippen LogP contribution < -0.4 is 21.3 Å². The van der Waals surface area contributed by atoms with E-state index in [9.17, 15) is 39.6 Å². The molecule has 0 heterocycles. The molecule has 0 spiro atoms. The number of Topliss-reactive ketones (excluding diaryl/α,β-unsaturated/α-hetero) is 2. The number of rotatable bonds is 10. The molecule has 0 aliphatic rings. The van der Waals surface area contributed by atoms with Crippen LogP contribution in [0.1, 0.15) is 24.2 Å². The summed E-state index contributed by atoms with van der Waals surface area (Å²) in [4.78, 5) is 53.2. The van der Waals surface area contributed by atoms with E-state index in [1.54, 1.807) is 14.1 Å². The number of hydrogen-bond donors (Lipinski definition) is 7. The van der Waals surface area contributed by atoms with Gasteiger partial charge in [0.05, 0.1) is 27.1 Å². The van der Waals surface area contributed by atoms with Crippen molar-refractivity contribution in [1.29, 1.82) is 0 Å². The van der Waals surface area contributed by atoms with Gasteiger partial charge in [-0.05, 0) is 85.5 Å². The van der Waals surface area contributed by atoms with Gasteiger partial charge in [0.15, 0.2) is 0 Å². The highest BCUT2D eigenvalue weighted by Crippen LogP contribution is 2.47. The zero-order valence-electron chi connectivity index (χ0n) is 22.2. The van der Waals surface area contributed by atoms with Crippen molar-refractivity contribution in [2.45, 2.75) is 38.3 Å². The molecule has 2 aromatic rings. The molecule has 4 atom stereocenters. The van der Waals surface area contributed by atoms with Gasteiger partial charge in [-0.15, -0.1) is 0 Å². The second-order valence-corrected chi connectivity index (χ2v) is 12.3. The van der Waals surface area contributed by atoms with Crippen LogP contribution in [-0.2, 0) is 14.4 Å². The van der Waals surface area contributed by atoms with Crippen LogP contribution in [0.3, 0.4) is 0 Å². The van der Waals surface area contributed by atoms with Gasteiger partial charge in [-0.1, -0.05) is 0 Å². The lowest BCUT2D eigenvalue weighted by Crippen LogP contribution is -2.50. The van der Waals surface area contributed by atoms with Crippen LogP contribution in [0.4, 0.5) is 22.7 Å². The maximum Gasteiger partial charge on any atom is 0.235 e. The molecule has 2 amide bonds. The molecule has 0 saturated carbocycles. The third kappa shape index (κ3) is 7.11. The van der Waals surface area contributed by atoms with Gasteiger partial charge in [-0.3, -0.25) is 19.2 Å². The van der Waals surface area contributed by atoms with Crippen LogP contribution in [0.5, 0.6) is 0 Å². The Morgan fingerprint density at radius 1 is 0.805 bits per heavy atom. The first kappa shape index (κ1) is 35.5. The van der Waals surface area contributed by atoms with Crippen molar-refractivity contribution in [2.75, 3.05) is 42.0 Å². The summed E-state index contributed by atoms with van der Waals surface area (Å²) in [5.74, 6) is -3.44. The number of ketones is 2. The van der Waals surface area contributed by atoms with E-state index in [-0.39, 0.29) is 23.2 Å². The fraction of sp³-hybridized carbons (Fsp3) is 0.360. The number of amides is 2. The SMILES string of the molecule is CC(=O)N(C)c1c(I)c(-c2cc(N)c(C(=O)C(=O)[C@H](O)[C@@H](O)[C@H](O)[C@H](O)CO)c(N)c2)c(I)c(N(C)C(C)=O)c1I.